The Bertz CT molecular complexity index is 276. The predicted octanol–water partition coefficient (Wildman–Crippen LogP) is 1.88. The fourth-order valence-corrected chi connectivity index (χ4v) is 2.27. The fraction of sp³-hybridized carbons (Fsp3) is 0.667. The van der Waals surface area contributed by atoms with Crippen molar-refractivity contribution in [3.63, 3.8) is 0 Å². The zero-order valence-corrected chi connectivity index (χ0v) is 8.16. The molecule has 0 aromatic carbocycles. The maximum atomic E-state index is 6.11. The lowest BCUT2D eigenvalue weighted by Crippen LogP contribution is -2.48. The maximum Gasteiger partial charge on any atom is 0.0897 e. The molecular formula is C9H14N2S. The van der Waals surface area contributed by atoms with Gasteiger partial charge in [0.05, 0.1) is 10.7 Å². The summed E-state index contributed by atoms with van der Waals surface area (Å²) in [6.45, 7) is 2.04. The number of hydrogen-bond acceptors (Lipinski definition) is 3. The van der Waals surface area contributed by atoms with Crippen LogP contribution in [0.5, 0.6) is 0 Å². The monoisotopic (exact) mass is 182 g/mol. The van der Waals surface area contributed by atoms with Crippen molar-refractivity contribution in [3.05, 3.63) is 16.1 Å². The second-order valence-electron chi connectivity index (χ2n) is 3.75. The fourth-order valence-electron chi connectivity index (χ4n) is 1.66. The smallest absolute Gasteiger partial charge is 0.0897 e. The molecule has 1 fully saturated rings. The van der Waals surface area contributed by atoms with Crippen molar-refractivity contribution in [1.29, 1.82) is 0 Å². The Hall–Kier alpha value is -0.410. The number of hydrogen-bond donors (Lipinski definition) is 1. The van der Waals surface area contributed by atoms with Gasteiger partial charge in [-0.3, -0.25) is 0 Å². The van der Waals surface area contributed by atoms with Crippen LogP contribution in [0.4, 0.5) is 0 Å². The van der Waals surface area contributed by atoms with Crippen LogP contribution in [0.25, 0.3) is 0 Å². The number of nitrogens with zero attached hydrogens (tertiary/aromatic N) is 1. The van der Waals surface area contributed by atoms with E-state index in [0.29, 0.717) is 0 Å². The second kappa shape index (κ2) is 2.82. The van der Waals surface area contributed by atoms with E-state index in [4.69, 9.17) is 5.73 Å². The van der Waals surface area contributed by atoms with Gasteiger partial charge in [-0.05, 0) is 26.2 Å². The summed E-state index contributed by atoms with van der Waals surface area (Å²) >= 11 is 1.71. The SMILES string of the molecule is Cc1nc(CC2(N)CCC2)cs1. The molecule has 1 aliphatic carbocycles. The van der Waals surface area contributed by atoms with Crippen LogP contribution in [0, 0.1) is 6.92 Å². The summed E-state index contributed by atoms with van der Waals surface area (Å²) in [6.07, 6.45) is 4.60. The largest absolute Gasteiger partial charge is 0.325 e. The van der Waals surface area contributed by atoms with Crippen LogP contribution < -0.4 is 5.73 Å². The third-order valence-corrected chi connectivity index (χ3v) is 3.37. The van der Waals surface area contributed by atoms with Crippen molar-refractivity contribution in [1.82, 2.24) is 4.98 Å². The molecule has 1 aromatic heterocycles. The Balaban J connectivity index is 2.03. The Morgan fingerprint density at radius 2 is 2.42 bits per heavy atom. The molecule has 1 heterocycles. The van der Waals surface area contributed by atoms with Crippen LogP contribution in [0.1, 0.15) is 30.0 Å². The van der Waals surface area contributed by atoms with E-state index in [-0.39, 0.29) is 5.54 Å². The molecular weight excluding hydrogens is 168 g/mol. The summed E-state index contributed by atoms with van der Waals surface area (Å²) in [4.78, 5) is 4.42. The highest BCUT2D eigenvalue weighted by Gasteiger charge is 2.32. The second-order valence-corrected chi connectivity index (χ2v) is 4.81. The average Bonchev–Trinajstić information content (AvgIpc) is 2.32. The molecule has 0 unspecified atom stereocenters. The first-order valence-electron chi connectivity index (χ1n) is 4.38. The van der Waals surface area contributed by atoms with Crippen LogP contribution in [0.15, 0.2) is 5.38 Å². The lowest BCUT2D eigenvalue weighted by atomic mass is 9.75. The molecule has 0 amide bonds. The summed E-state index contributed by atoms with van der Waals surface area (Å²) in [5.74, 6) is 0. The molecule has 2 rings (SSSR count). The van der Waals surface area contributed by atoms with Crippen molar-refractivity contribution < 1.29 is 0 Å². The average molecular weight is 182 g/mol. The molecule has 2 N–H and O–H groups in total. The van der Waals surface area contributed by atoms with Gasteiger partial charge < -0.3 is 5.73 Å². The third-order valence-electron chi connectivity index (χ3n) is 2.55. The van der Waals surface area contributed by atoms with Gasteiger partial charge in [0.25, 0.3) is 0 Å². The van der Waals surface area contributed by atoms with Crippen LogP contribution >= 0.6 is 11.3 Å². The Kier molecular flexibility index (Phi) is 1.93. The Morgan fingerprint density at radius 1 is 1.67 bits per heavy atom. The van der Waals surface area contributed by atoms with Crippen molar-refractivity contribution in [2.75, 3.05) is 0 Å². The Morgan fingerprint density at radius 3 is 2.83 bits per heavy atom. The van der Waals surface area contributed by atoms with Gasteiger partial charge in [0.15, 0.2) is 0 Å². The topological polar surface area (TPSA) is 38.9 Å². The molecule has 0 radical (unpaired) electrons. The Labute approximate surface area is 76.8 Å². The standard InChI is InChI=1S/C9H14N2S/c1-7-11-8(6-12-7)5-9(10)3-2-4-9/h6H,2-5,10H2,1H3. The van der Waals surface area contributed by atoms with E-state index in [1.807, 2.05) is 6.92 Å². The number of rotatable bonds is 2. The lowest BCUT2D eigenvalue weighted by molar-refractivity contribution is 0.246. The van der Waals surface area contributed by atoms with E-state index in [2.05, 4.69) is 10.4 Å². The molecule has 0 saturated heterocycles. The number of aryl methyl sites for hydroxylation is 1. The van der Waals surface area contributed by atoms with Gasteiger partial charge in [0, 0.05) is 17.3 Å². The normalized spacial score (nSPS) is 20.5. The van der Waals surface area contributed by atoms with E-state index >= 15 is 0 Å². The molecule has 2 nitrogen and oxygen atoms in total. The minimum absolute atomic E-state index is 0.0838. The summed E-state index contributed by atoms with van der Waals surface area (Å²) in [5, 5.41) is 3.27. The first-order valence-corrected chi connectivity index (χ1v) is 5.26. The number of aromatic nitrogens is 1. The summed E-state index contributed by atoms with van der Waals surface area (Å²) in [6, 6.07) is 0. The third kappa shape index (κ3) is 1.52. The minimum atomic E-state index is 0.0838. The molecule has 3 heteroatoms. The summed E-state index contributed by atoms with van der Waals surface area (Å²) in [7, 11) is 0. The van der Waals surface area contributed by atoms with E-state index < -0.39 is 0 Å². The van der Waals surface area contributed by atoms with Gasteiger partial charge in [0.2, 0.25) is 0 Å². The number of nitrogens with two attached hydrogens (primary N) is 1. The molecule has 0 atom stereocenters. The first-order chi connectivity index (χ1) is 5.68. The minimum Gasteiger partial charge on any atom is -0.325 e. The zero-order chi connectivity index (χ0) is 8.60. The van der Waals surface area contributed by atoms with Crippen LogP contribution in [-0.2, 0) is 6.42 Å². The molecule has 1 aromatic rings. The van der Waals surface area contributed by atoms with E-state index in [9.17, 15) is 0 Å². The lowest BCUT2D eigenvalue weighted by Gasteiger charge is -2.37. The molecule has 0 bridgehead atoms. The van der Waals surface area contributed by atoms with E-state index in [1.165, 1.54) is 25.0 Å². The number of thiazole rings is 1. The van der Waals surface area contributed by atoms with E-state index in [1.54, 1.807) is 11.3 Å². The van der Waals surface area contributed by atoms with E-state index in [0.717, 1.165) is 11.4 Å². The first kappa shape index (κ1) is 8.20. The molecule has 12 heavy (non-hydrogen) atoms. The quantitative estimate of drug-likeness (QED) is 0.758. The summed E-state index contributed by atoms with van der Waals surface area (Å²) in [5.41, 5.74) is 7.37. The van der Waals surface area contributed by atoms with Crippen LogP contribution in [0.2, 0.25) is 0 Å². The predicted molar refractivity (Wildman–Crippen MR) is 51.3 cm³/mol. The van der Waals surface area contributed by atoms with Gasteiger partial charge in [-0.15, -0.1) is 11.3 Å². The van der Waals surface area contributed by atoms with Crippen molar-refractivity contribution in [2.45, 2.75) is 38.1 Å². The van der Waals surface area contributed by atoms with Crippen LogP contribution in [-0.4, -0.2) is 10.5 Å². The molecule has 0 aliphatic heterocycles. The van der Waals surface area contributed by atoms with Gasteiger partial charge in [-0.1, -0.05) is 0 Å². The molecule has 66 valence electrons. The highest BCUT2D eigenvalue weighted by molar-refractivity contribution is 7.09. The van der Waals surface area contributed by atoms with Crippen LogP contribution in [0.3, 0.4) is 0 Å². The van der Waals surface area contributed by atoms with Gasteiger partial charge in [0.1, 0.15) is 0 Å². The van der Waals surface area contributed by atoms with Gasteiger partial charge >= 0.3 is 0 Å². The molecule has 0 spiro atoms. The van der Waals surface area contributed by atoms with Gasteiger partial charge in [-0.25, -0.2) is 4.98 Å². The van der Waals surface area contributed by atoms with Crippen molar-refractivity contribution >= 4 is 11.3 Å². The molecule has 1 aliphatic rings. The maximum absolute atomic E-state index is 6.11. The molecule has 1 saturated carbocycles. The van der Waals surface area contributed by atoms with Gasteiger partial charge in [-0.2, -0.15) is 0 Å². The highest BCUT2D eigenvalue weighted by atomic mass is 32.1. The zero-order valence-electron chi connectivity index (χ0n) is 7.34. The van der Waals surface area contributed by atoms with Crippen molar-refractivity contribution in [3.8, 4) is 0 Å². The highest BCUT2D eigenvalue weighted by Crippen LogP contribution is 2.32. The van der Waals surface area contributed by atoms with Crippen molar-refractivity contribution in [2.24, 2.45) is 5.73 Å². The summed E-state index contributed by atoms with van der Waals surface area (Å²) < 4.78 is 0.